The summed E-state index contributed by atoms with van der Waals surface area (Å²) in [5.41, 5.74) is 4.55. The standard InChI is InChI=1S/C22H20N4S/c1-16-8-10-20(11-9-16)26-21(19-12-14-23-15-13-19)24-25-22(26)27-17(2)18-6-4-3-5-7-18/h3-15,17H,1-2H3. The lowest BCUT2D eigenvalue weighted by atomic mass is 10.2. The molecule has 27 heavy (non-hydrogen) atoms. The summed E-state index contributed by atoms with van der Waals surface area (Å²) in [6.45, 7) is 4.28. The topological polar surface area (TPSA) is 43.6 Å². The Morgan fingerprint density at radius 1 is 0.852 bits per heavy atom. The van der Waals surface area contributed by atoms with Gasteiger partial charge in [-0.15, -0.1) is 10.2 Å². The largest absolute Gasteiger partial charge is 0.270 e. The van der Waals surface area contributed by atoms with Crippen LogP contribution in [0.3, 0.4) is 0 Å². The third-order valence-corrected chi connectivity index (χ3v) is 5.52. The van der Waals surface area contributed by atoms with Crippen LogP contribution in [0.4, 0.5) is 0 Å². The van der Waals surface area contributed by atoms with Gasteiger partial charge in [0.2, 0.25) is 0 Å². The van der Waals surface area contributed by atoms with Crippen molar-refractivity contribution in [2.75, 3.05) is 0 Å². The summed E-state index contributed by atoms with van der Waals surface area (Å²) in [6.07, 6.45) is 3.56. The van der Waals surface area contributed by atoms with E-state index in [1.165, 1.54) is 11.1 Å². The van der Waals surface area contributed by atoms with Crippen LogP contribution in [0.5, 0.6) is 0 Å². The molecule has 4 rings (SSSR count). The van der Waals surface area contributed by atoms with Gasteiger partial charge in [-0.1, -0.05) is 59.8 Å². The van der Waals surface area contributed by atoms with Crippen LogP contribution >= 0.6 is 11.8 Å². The molecule has 2 aromatic carbocycles. The molecule has 2 heterocycles. The Morgan fingerprint density at radius 2 is 1.56 bits per heavy atom. The van der Waals surface area contributed by atoms with Crippen LogP contribution in [0.25, 0.3) is 17.1 Å². The fourth-order valence-corrected chi connectivity index (χ4v) is 3.91. The molecule has 0 saturated carbocycles. The van der Waals surface area contributed by atoms with Crippen molar-refractivity contribution in [1.29, 1.82) is 0 Å². The van der Waals surface area contributed by atoms with Crippen molar-refractivity contribution in [3.05, 3.63) is 90.3 Å². The van der Waals surface area contributed by atoms with Gasteiger partial charge in [0.15, 0.2) is 11.0 Å². The second-order valence-corrected chi connectivity index (χ2v) is 7.69. The number of hydrogen-bond donors (Lipinski definition) is 0. The highest BCUT2D eigenvalue weighted by Crippen LogP contribution is 2.36. The molecule has 0 spiro atoms. The van der Waals surface area contributed by atoms with Crippen molar-refractivity contribution in [2.24, 2.45) is 0 Å². The molecule has 0 bridgehead atoms. The van der Waals surface area contributed by atoms with Crippen molar-refractivity contribution < 1.29 is 0 Å². The number of benzene rings is 2. The smallest absolute Gasteiger partial charge is 0.196 e. The average molecular weight is 372 g/mol. The highest BCUT2D eigenvalue weighted by molar-refractivity contribution is 7.99. The highest BCUT2D eigenvalue weighted by Gasteiger charge is 2.19. The molecule has 0 saturated heterocycles. The van der Waals surface area contributed by atoms with Gasteiger partial charge in [-0.05, 0) is 43.7 Å². The predicted molar refractivity (Wildman–Crippen MR) is 110 cm³/mol. The number of aromatic nitrogens is 4. The van der Waals surface area contributed by atoms with Crippen LogP contribution in [0, 0.1) is 6.92 Å². The van der Waals surface area contributed by atoms with E-state index in [0.717, 1.165) is 22.2 Å². The van der Waals surface area contributed by atoms with Crippen LogP contribution < -0.4 is 0 Å². The Kier molecular flexibility index (Phi) is 5.03. The number of aryl methyl sites for hydroxylation is 1. The van der Waals surface area contributed by atoms with Gasteiger partial charge in [-0.3, -0.25) is 9.55 Å². The molecule has 0 aliphatic rings. The van der Waals surface area contributed by atoms with E-state index in [9.17, 15) is 0 Å². The third-order valence-electron chi connectivity index (χ3n) is 4.42. The molecule has 1 atom stereocenters. The average Bonchev–Trinajstić information content (AvgIpc) is 3.13. The van der Waals surface area contributed by atoms with Gasteiger partial charge >= 0.3 is 0 Å². The van der Waals surface area contributed by atoms with E-state index in [0.29, 0.717) is 0 Å². The molecule has 5 heteroatoms. The monoisotopic (exact) mass is 372 g/mol. The zero-order chi connectivity index (χ0) is 18.6. The minimum absolute atomic E-state index is 0.268. The SMILES string of the molecule is Cc1ccc(-n2c(SC(C)c3ccccc3)nnc2-c2ccncc2)cc1. The van der Waals surface area contributed by atoms with Crippen LogP contribution in [0.15, 0.2) is 84.3 Å². The van der Waals surface area contributed by atoms with E-state index in [1.807, 2.05) is 18.2 Å². The third kappa shape index (κ3) is 3.78. The number of nitrogens with zero attached hydrogens (tertiary/aromatic N) is 4. The fourth-order valence-electron chi connectivity index (χ4n) is 2.91. The maximum absolute atomic E-state index is 4.51. The minimum atomic E-state index is 0.268. The lowest BCUT2D eigenvalue weighted by Gasteiger charge is -2.14. The van der Waals surface area contributed by atoms with Crippen molar-refractivity contribution in [1.82, 2.24) is 19.7 Å². The normalized spacial score (nSPS) is 12.1. The van der Waals surface area contributed by atoms with E-state index in [-0.39, 0.29) is 5.25 Å². The second kappa shape index (κ2) is 7.76. The van der Waals surface area contributed by atoms with Gasteiger partial charge in [-0.25, -0.2) is 0 Å². The van der Waals surface area contributed by atoms with Gasteiger partial charge < -0.3 is 0 Å². The Bertz CT molecular complexity index is 1010. The first-order valence-electron chi connectivity index (χ1n) is 8.87. The molecule has 0 aliphatic heterocycles. The summed E-state index contributed by atoms with van der Waals surface area (Å²) >= 11 is 1.71. The maximum Gasteiger partial charge on any atom is 0.196 e. The molecule has 0 amide bonds. The highest BCUT2D eigenvalue weighted by atomic mass is 32.2. The number of thioether (sulfide) groups is 1. The van der Waals surface area contributed by atoms with E-state index < -0.39 is 0 Å². The van der Waals surface area contributed by atoms with Gasteiger partial charge in [0.05, 0.1) is 0 Å². The van der Waals surface area contributed by atoms with Crippen LogP contribution in [-0.2, 0) is 0 Å². The minimum Gasteiger partial charge on any atom is -0.270 e. The zero-order valence-electron chi connectivity index (χ0n) is 15.3. The fraction of sp³-hybridized carbons (Fsp3) is 0.136. The lowest BCUT2D eigenvalue weighted by molar-refractivity contribution is 0.878. The number of pyridine rings is 1. The van der Waals surface area contributed by atoms with Gasteiger partial charge in [0.1, 0.15) is 0 Å². The van der Waals surface area contributed by atoms with E-state index in [4.69, 9.17) is 0 Å². The van der Waals surface area contributed by atoms with Gasteiger partial charge in [-0.2, -0.15) is 0 Å². The van der Waals surface area contributed by atoms with Gasteiger partial charge in [0.25, 0.3) is 0 Å². The quantitative estimate of drug-likeness (QED) is 0.434. The van der Waals surface area contributed by atoms with Crippen molar-refractivity contribution in [3.8, 4) is 17.1 Å². The Morgan fingerprint density at radius 3 is 2.26 bits per heavy atom. The zero-order valence-corrected chi connectivity index (χ0v) is 16.1. The molecule has 0 aliphatic carbocycles. The molecular weight excluding hydrogens is 352 g/mol. The summed E-state index contributed by atoms with van der Waals surface area (Å²) < 4.78 is 2.12. The molecule has 1 unspecified atom stereocenters. The first-order chi connectivity index (χ1) is 13.2. The van der Waals surface area contributed by atoms with Crippen molar-refractivity contribution in [3.63, 3.8) is 0 Å². The van der Waals surface area contributed by atoms with Crippen LogP contribution in [0.1, 0.15) is 23.3 Å². The summed E-state index contributed by atoms with van der Waals surface area (Å²) in [5, 5.41) is 10.2. The first-order valence-corrected chi connectivity index (χ1v) is 9.75. The number of hydrogen-bond acceptors (Lipinski definition) is 4. The first kappa shape index (κ1) is 17.5. The molecule has 0 fully saturated rings. The molecule has 0 radical (unpaired) electrons. The van der Waals surface area contributed by atoms with Gasteiger partial charge in [0, 0.05) is 28.9 Å². The molecule has 4 nitrogen and oxygen atoms in total. The Hall–Kier alpha value is -2.92. The molecule has 4 aromatic rings. The Labute approximate surface area is 163 Å². The summed E-state index contributed by atoms with van der Waals surface area (Å²) in [7, 11) is 0. The second-order valence-electron chi connectivity index (χ2n) is 6.38. The van der Waals surface area contributed by atoms with Crippen molar-refractivity contribution >= 4 is 11.8 Å². The lowest BCUT2D eigenvalue weighted by Crippen LogP contribution is -2.01. The van der Waals surface area contributed by atoms with E-state index >= 15 is 0 Å². The van der Waals surface area contributed by atoms with Crippen LogP contribution in [-0.4, -0.2) is 19.7 Å². The maximum atomic E-state index is 4.51. The predicted octanol–water partition coefficient (Wildman–Crippen LogP) is 5.49. The molecule has 134 valence electrons. The summed E-state index contributed by atoms with van der Waals surface area (Å²) in [6, 6.07) is 22.8. The molecule has 2 aromatic heterocycles. The van der Waals surface area contributed by atoms with Crippen LogP contribution in [0.2, 0.25) is 0 Å². The number of rotatable bonds is 5. The van der Waals surface area contributed by atoms with E-state index in [2.05, 4.69) is 82.1 Å². The summed E-state index contributed by atoms with van der Waals surface area (Å²) in [5.74, 6) is 0.823. The molecule has 0 N–H and O–H groups in total. The van der Waals surface area contributed by atoms with E-state index in [1.54, 1.807) is 24.2 Å². The summed E-state index contributed by atoms with van der Waals surface area (Å²) in [4.78, 5) is 4.12. The Balaban J connectivity index is 1.77. The molecular formula is C22H20N4S. The van der Waals surface area contributed by atoms with Crippen molar-refractivity contribution in [2.45, 2.75) is 24.3 Å².